The summed E-state index contributed by atoms with van der Waals surface area (Å²) in [6.07, 6.45) is -1.95. The van der Waals surface area contributed by atoms with Gasteiger partial charge in [0.2, 0.25) is 5.91 Å². The van der Waals surface area contributed by atoms with Gasteiger partial charge in [-0.1, -0.05) is 28.3 Å². The molecule has 0 radical (unpaired) electrons. The topological polar surface area (TPSA) is 104 Å². The molecule has 2 heterocycles. The Morgan fingerprint density at radius 3 is 2.33 bits per heavy atom. The van der Waals surface area contributed by atoms with Crippen molar-refractivity contribution in [1.82, 2.24) is 20.2 Å². The first-order valence-corrected chi connectivity index (χ1v) is 14.8. The summed E-state index contributed by atoms with van der Waals surface area (Å²) in [5.41, 5.74) is 0.585. The highest BCUT2D eigenvalue weighted by atomic mass is 35.5. The van der Waals surface area contributed by atoms with Crippen LogP contribution in [0.25, 0.3) is 0 Å². The van der Waals surface area contributed by atoms with E-state index in [1.807, 2.05) is 6.92 Å². The number of anilines is 2. The zero-order valence-electron chi connectivity index (χ0n) is 23.6. The van der Waals surface area contributed by atoms with Crippen molar-refractivity contribution in [3.8, 4) is 0 Å². The van der Waals surface area contributed by atoms with Crippen molar-refractivity contribution in [1.29, 1.82) is 0 Å². The minimum absolute atomic E-state index is 0.0133. The number of benzene rings is 2. The number of aliphatic carboxylic acids is 1. The highest BCUT2D eigenvalue weighted by Crippen LogP contribution is 2.46. The lowest BCUT2D eigenvalue weighted by molar-refractivity contribution is -0.139. The van der Waals surface area contributed by atoms with Gasteiger partial charge in [0.25, 0.3) is 5.95 Å². The molecule has 3 aromatic rings. The van der Waals surface area contributed by atoms with Gasteiger partial charge in [-0.05, 0) is 97.7 Å². The molecule has 230 valence electrons. The molecule has 1 aromatic heterocycles. The minimum Gasteiger partial charge on any atom is -0.481 e. The van der Waals surface area contributed by atoms with Crippen molar-refractivity contribution in [2.45, 2.75) is 70.3 Å². The van der Waals surface area contributed by atoms with Crippen molar-refractivity contribution in [3.63, 3.8) is 0 Å². The maximum absolute atomic E-state index is 14.0. The second-order valence-electron chi connectivity index (χ2n) is 11.4. The quantitative estimate of drug-likeness (QED) is 0.307. The number of rotatable bonds is 7. The Hall–Kier alpha value is -3.38. The van der Waals surface area contributed by atoms with E-state index in [4.69, 9.17) is 28.3 Å². The summed E-state index contributed by atoms with van der Waals surface area (Å²) in [4.78, 5) is 29.8. The molecule has 1 fully saturated rings. The number of alkyl halides is 3. The molecule has 1 aliphatic carbocycles. The predicted molar refractivity (Wildman–Crippen MR) is 155 cm³/mol. The molecule has 0 bridgehead atoms. The number of hydrogen-bond donors (Lipinski definition) is 1. The van der Waals surface area contributed by atoms with Crippen LogP contribution in [0.4, 0.5) is 24.8 Å². The van der Waals surface area contributed by atoms with E-state index in [0.29, 0.717) is 59.0 Å². The molecule has 14 heteroatoms. The van der Waals surface area contributed by atoms with Gasteiger partial charge in [-0.15, -0.1) is 5.10 Å². The van der Waals surface area contributed by atoms with Crippen LogP contribution in [0.3, 0.4) is 0 Å². The Balaban J connectivity index is 1.54. The van der Waals surface area contributed by atoms with E-state index in [2.05, 4.69) is 15.4 Å². The Labute approximate surface area is 256 Å². The smallest absolute Gasteiger partial charge is 0.416 e. The molecule has 1 aliphatic heterocycles. The maximum Gasteiger partial charge on any atom is 0.416 e. The molecule has 1 saturated carbocycles. The number of hydrogen-bond acceptors (Lipinski definition) is 6. The number of carbonyl (C=O) groups is 2. The average molecular weight is 640 g/mol. The Morgan fingerprint density at radius 2 is 1.74 bits per heavy atom. The number of aryl methyl sites for hydroxylation is 1. The van der Waals surface area contributed by atoms with E-state index in [-0.39, 0.29) is 42.7 Å². The van der Waals surface area contributed by atoms with E-state index in [1.54, 1.807) is 35.0 Å². The standard InChI is InChI=1S/C29H31Cl2F3N6O3/c1-16-9-25(39(28-35-37-38(2)36-28)15-18-10-21(30)14-22(31)11-18)23-13-20(29(32,33)34)7-8-24(23)40(16)27(43)19-5-3-17(4-6-19)12-26(41)42/h7-8,10-11,13-14,16-17,19,25H,3-6,9,12,15H2,1-2H3,(H,41,42)/t16-,17?,19?,25+/m1/s1. The number of amides is 1. The zero-order chi connectivity index (χ0) is 31.1. The van der Waals surface area contributed by atoms with E-state index in [0.717, 1.165) is 12.1 Å². The van der Waals surface area contributed by atoms with E-state index >= 15 is 0 Å². The zero-order valence-corrected chi connectivity index (χ0v) is 25.1. The predicted octanol–water partition coefficient (Wildman–Crippen LogP) is 6.69. The third-order valence-corrected chi connectivity index (χ3v) is 8.72. The summed E-state index contributed by atoms with van der Waals surface area (Å²) in [6, 6.07) is 7.46. The largest absolute Gasteiger partial charge is 0.481 e. The summed E-state index contributed by atoms with van der Waals surface area (Å²) in [5, 5.41) is 22.4. The van der Waals surface area contributed by atoms with Gasteiger partial charge in [-0.3, -0.25) is 9.59 Å². The molecule has 1 N–H and O–H groups in total. The lowest BCUT2D eigenvalue weighted by Gasteiger charge is -2.45. The number of fused-ring (bicyclic) bond motifs is 1. The fourth-order valence-corrected chi connectivity index (χ4v) is 6.88. The lowest BCUT2D eigenvalue weighted by atomic mass is 9.79. The van der Waals surface area contributed by atoms with Crippen LogP contribution in [-0.2, 0) is 29.4 Å². The van der Waals surface area contributed by atoms with Gasteiger partial charge < -0.3 is 14.9 Å². The molecule has 9 nitrogen and oxygen atoms in total. The monoisotopic (exact) mass is 638 g/mol. The molecule has 0 spiro atoms. The number of carboxylic acids is 1. The molecule has 43 heavy (non-hydrogen) atoms. The van der Waals surface area contributed by atoms with Gasteiger partial charge >= 0.3 is 12.1 Å². The number of aromatic nitrogens is 4. The van der Waals surface area contributed by atoms with E-state index in [1.165, 1.54) is 10.9 Å². The van der Waals surface area contributed by atoms with Gasteiger partial charge in [0.1, 0.15) is 0 Å². The summed E-state index contributed by atoms with van der Waals surface area (Å²) >= 11 is 12.5. The van der Waals surface area contributed by atoms with Gasteiger partial charge in [0.15, 0.2) is 0 Å². The molecule has 5 rings (SSSR count). The number of halogens is 5. The van der Waals surface area contributed by atoms with Crippen LogP contribution in [0.15, 0.2) is 36.4 Å². The highest BCUT2D eigenvalue weighted by Gasteiger charge is 2.42. The fraction of sp³-hybridized carbons (Fsp3) is 0.483. The van der Waals surface area contributed by atoms with Crippen LogP contribution in [0, 0.1) is 11.8 Å². The van der Waals surface area contributed by atoms with Gasteiger partial charge in [0, 0.05) is 40.7 Å². The van der Waals surface area contributed by atoms with Crippen molar-refractivity contribution in [2.24, 2.45) is 18.9 Å². The van der Waals surface area contributed by atoms with E-state index < -0.39 is 23.8 Å². The van der Waals surface area contributed by atoms with Crippen molar-refractivity contribution < 1.29 is 27.9 Å². The normalized spacial score (nSPS) is 22.3. The van der Waals surface area contributed by atoms with Crippen LogP contribution in [-0.4, -0.2) is 43.2 Å². The second-order valence-corrected chi connectivity index (χ2v) is 12.3. The first-order valence-electron chi connectivity index (χ1n) is 14.0. The third-order valence-electron chi connectivity index (χ3n) is 8.28. The number of carbonyl (C=O) groups excluding carboxylic acids is 1. The van der Waals surface area contributed by atoms with Gasteiger partial charge in [0.05, 0.1) is 18.7 Å². The Kier molecular flexibility index (Phi) is 8.89. The fourth-order valence-electron chi connectivity index (χ4n) is 6.31. The first-order chi connectivity index (χ1) is 20.3. The number of nitrogens with zero attached hydrogens (tertiary/aromatic N) is 6. The van der Waals surface area contributed by atoms with E-state index in [9.17, 15) is 22.8 Å². The second kappa shape index (κ2) is 12.3. The van der Waals surface area contributed by atoms with Crippen LogP contribution in [0.5, 0.6) is 0 Å². The van der Waals surface area contributed by atoms with Gasteiger partial charge in [-0.2, -0.15) is 18.0 Å². The number of carboxylic acid groups (broad SMARTS) is 1. The molecule has 0 saturated heterocycles. The molecule has 0 unspecified atom stereocenters. The molecular weight excluding hydrogens is 608 g/mol. The average Bonchev–Trinajstić information content (AvgIpc) is 3.35. The Bertz CT molecular complexity index is 1490. The van der Waals surface area contributed by atoms with Crippen LogP contribution in [0.1, 0.15) is 68.2 Å². The molecular formula is C29H31Cl2F3N6O3. The Morgan fingerprint density at radius 1 is 1.07 bits per heavy atom. The van der Waals surface area contributed by atoms with Crippen molar-refractivity contribution in [2.75, 3.05) is 9.80 Å². The SMILES string of the molecule is C[C@@H]1C[C@H](N(Cc2cc(Cl)cc(Cl)c2)c2nnn(C)n2)c2cc(C(F)(F)F)ccc2N1C(=O)C1CCC(CC(=O)O)CC1. The maximum atomic E-state index is 14.0. The summed E-state index contributed by atoms with van der Waals surface area (Å²) in [7, 11) is 1.59. The van der Waals surface area contributed by atoms with Crippen LogP contribution < -0.4 is 9.80 Å². The van der Waals surface area contributed by atoms with Crippen LogP contribution >= 0.6 is 23.2 Å². The van der Waals surface area contributed by atoms with Crippen LogP contribution in [0.2, 0.25) is 10.0 Å². The number of tetrazole rings is 1. The summed E-state index contributed by atoms with van der Waals surface area (Å²) in [5.74, 6) is -1.14. The van der Waals surface area contributed by atoms with Crippen molar-refractivity contribution >= 4 is 46.7 Å². The summed E-state index contributed by atoms with van der Waals surface area (Å²) < 4.78 is 42.0. The minimum atomic E-state index is -4.60. The third kappa shape index (κ3) is 6.90. The van der Waals surface area contributed by atoms with Crippen molar-refractivity contribution in [3.05, 3.63) is 63.1 Å². The van der Waals surface area contributed by atoms with Gasteiger partial charge in [-0.25, -0.2) is 0 Å². The first kappa shape index (κ1) is 31.1. The summed E-state index contributed by atoms with van der Waals surface area (Å²) in [6.45, 7) is 2.04. The molecule has 2 atom stereocenters. The molecule has 1 amide bonds. The molecule has 2 aromatic carbocycles. The highest BCUT2D eigenvalue weighted by molar-refractivity contribution is 6.34. The lowest BCUT2D eigenvalue weighted by Crippen LogP contribution is -2.49. The molecule has 2 aliphatic rings.